The molecule has 0 spiro atoms. The van der Waals surface area contributed by atoms with Crippen molar-refractivity contribution in [2.75, 3.05) is 3.88 Å². The molecule has 0 fully saturated rings. The highest BCUT2D eigenvalue weighted by molar-refractivity contribution is 6.28. The van der Waals surface area contributed by atoms with E-state index < -0.39 is 0 Å². The van der Waals surface area contributed by atoms with Crippen LogP contribution in [0.4, 0.5) is 11.4 Å². The standard InChI is InChI=1S/C24H14NO2.Al/c1-3-13-21-15(7-1)17-9-5-11-19(23(17)26-21)25-20-12-6-10-18-16-8-2-4-14-22(16)27-24(18)20;/h1-14H;/q-1;+1. The SMILES string of the molecule is [Al][N](c1cccc2c1oc1ccccc12)c1cccc2c1oc1ccccc12. The molecule has 130 valence electrons. The first-order chi connectivity index (χ1) is 13.8. The molecular formula is C24H14AlNO2. The van der Waals surface area contributed by atoms with Gasteiger partial charge in [-0.1, -0.05) is 60.7 Å². The topological polar surface area (TPSA) is 29.5 Å². The minimum atomic E-state index is 0.867. The van der Waals surface area contributed by atoms with Gasteiger partial charge in [-0.05, 0) is 24.3 Å². The maximum atomic E-state index is 6.21. The van der Waals surface area contributed by atoms with Crippen LogP contribution in [0.2, 0.25) is 0 Å². The lowest BCUT2D eigenvalue weighted by Gasteiger charge is -2.22. The van der Waals surface area contributed by atoms with Crippen molar-refractivity contribution in [3.63, 3.8) is 0 Å². The zero-order valence-electron chi connectivity index (χ0n) is 14.9. The van der Waals surface area contributed by atoms with Crippen LogP contribution in [0, 0.1) is 0 Å². The molecule has 28 heavy (non-hydrogen) atoms. The number of para-hydroxylation sites is 4. The summed E-state index contributed by atoms with van der Waals surface area (Å²) in [6.45, 7) is 0. The zero-order chi connectivity index (χ0) is 18.7. The van der Waals surface area contributed by atoms with E-state index >= 15 is 0 Å². The van der Waals surface area contributed by atoms with Crippen LogP contribution in [0.15, 0.2) is 93.8 Å². The van der Waals surface area contributed by atoms with Crippen molar-refractivity contribution in [2.24, 2.45) is 0 Å². The first-order valence-corrected chi connectivity index (χ1v) is 9.68. The van der Waals surface area contributed by atoms with Crippen LogP contribution in [0.25, 0.3) is 43.9 Å². The molecule has 0 bridgehead atoms. The average molecular weight is 375 g/mol. The van der Waals surface area contributed by atoms with Gasteiger partial charge in [0.25, 0.3) is 0 Å². The Bertz CT molecular complexity index is 1380. The van der Waals surface area contributed by atoms with Crippen molar-refractivity contribution in [1.29, 1.82) is 0 Å². The van der Waals surface area contributed by atoms with Gasteiger partial charge in [0.05, 0.1) is 11.4 Å². The molecule has 4 aromatic carbocycles. The highest BCUT2D eigenvalue weighted by Crippen LogP contribution is 2.40. The second-order valence-electron chi connectivity index (χ2n) is 6.87. The van der Waals surface area contributed by atoms with Crippen LogP contribution in [-0.4, -0.2) is 16.5 Å². The Morgan fingerprint density at radius 1 is 0.500 bits per heavy atom. The summed E-state index contributed by atoms with van der Waals surface area (Å²) in [7, 11) is 0. The van der Waals surface area contributed by atoms with Gasteiger partial charge in [0.1, 0.15) is 11.2 Å². The van der Waals surface area contributed by atoms with Gasteiger partial charge in [-0.15, -0.1) is 0 Å². The maximum absolute atomic E-state index is 6.21. The number of nitrogens with zero attached hydrogens (tertiary/aromatic N) is 1. The normalized spacial score (nSPS) is 11.7. The van der Waals surface area contributed by atoms with Gasteiger partial charge in [-0.2, -0.15) is 0 Å². The summed E-state index contributed by atoms with van der Waals surface area (Å²) < 4.78 is 14.5. The zero-order valence-corrected chi connectivity index (χ0v) is 16.1. The van der Waals surface area contributed by atoms with E-state index in [1.165, 1.54) is 0 Å². The Hall–Kier alpha value is -3.19. The first-order valence-electron chi connectivity index (χ1n) is 9.16. The van der Waals surface area contributed by atoms with Crippen LogP contribution in [0.5, 0.6) is 0 Å². The van der Waals surface area contributed by atoms with Crippen LogP contribution in [0.1, 0.15) is 0 Å². The van der Waals surface area contributed by atoms with Crippen LogP contribution >= 0.6 is 0 Å². The van der Waals surface area contributed by atoms with Crippen molar-refractivity contribution in [1.82, 2.24) is 0 Å². The molecule has 0 saturated carbocycles. The number of hydrogen-bond acceptors (Lipinski definition) is 3. The van der Waals surface area contributed by atoms with E-state index in [-0.39, 0.29) is 0 Å². The number of benzene rings is 4. The number of furan rings is 2. The molecule has 4 heteroatoms. The van der Waals surface area contributed by atoms with Gasteiger partial charge < -0.3 is 12.7 Å². The van der Waals surface area contributed by atoms with Crippen LogP contribution in [-0.2, 0) is 0 Å². The number of fused-ring (bicyclic) bond motifs is 6. The molecule has 2 radical (unpaired) electrons. The van der Waals surface area contributed by atoms with Gasteiger partial charge in [0.2, 0.25) is 0 Å². The van der Waals surface area contributed by atoms with Gasteiger partial charge in [0.15, 0.2) is 11.2 Å². The van der Waals surface area contributed by atoms with E-state index in [1.54, 1.807) is 0 Å². The van der Waals surface area contributed by atoms with Crippen molar-refractivity contribution >= 4 is 71.8 Å². The first kappa shape index (κ1) is 15.8. The minimum Gasteiger partial charge on any atom is -0.454 e. The van der Waals surface area contributed by atoms with E-state index in [4.69, 9.17) is 8.83 Å². The summed E-state index contributed by atoms with van der Waals surface area (Å²) in [6, 6.07) is 28.7. The van der Waals surface area contributed by atoms with E-state index in [0.717, 1.165) is 55.3 Å². The van der Waals surface area contributed by atoms with Gasteiger partial charge in [0, 0.05) is 21.5 Å². The van der Waals surface area contributed by atoms with Gasteiger partial charge in [-0.25, -0.2) is 0 Å². The second-order valence-corrected chi connectivity index (χ2v) is 7.39. The molecule has 0 amide bonds. The predicted octanol–water partition coefficient (Wildman–Crippen LogP) is 6.71. The summed E-state index contributed by atoms with van der Waals surface area (Å²) >= 11 is 2.82. The molecule has 3 nitrogen and oxygen atoms in total. The lowest BCUT2D eigenvalue weighted by Crippen LogP contribution is -2.12. The number of rotatable bonds is 2. The number of hydrogen-bond donors (Lipinski definition) is 0. The van der Waals surface area contributed by atoms with E-state index in [0.29, 0.717) is 0 Å². The summed E-state index contributed by atoms with van der Waals surface area (Å²) in [4.78, 5) is 0. The molecule has 0 aliphatic rings. The summed E-state index contributed by atoms with van der Waals surface area (Å²) in [5, 5.41) is 4.47. The quantitative estimate of drug-likeness (QED) is 0.315. The molecule has 6 aromatic rings. The molecular weight excluding hydrogens is 361 g/mol. The lowest BCUT2D eigenvalue weighted by molar-refractivity contribution is 0.667. The van der Waals surface area contributed by atoms with Crippen LogP contribution in [0.3, 0.4) is 0 Å². The van der Waals surface area contributed by atoms with Crippen molar-refractivity contribution in [3.05, 3.63) is 84.9 Å². The van der Waals surface area contributed by atoms with E-state index in [1.807, 2.05) is 36.4 Å². The fourth-order valence-corrected chi connectivity index (χ4v) is 4.38. The minimum absolute atomic E-state index is 0.867. The molecule has 6 rings (SSSR count). The van der Waals surface area contributed by atoms with E-state index in [9.17, 15) is 0 Å². The van der Waals surface area contributed by atoms with Crippen molar-refractivity contribution < 1.29 is 8.83 Å². The Kier molecular flexibility index (Phi) is 3.34. The maximum Gasteiger partial charge on any atom is 0.318 e. The third-order valence-corrected chi connectivity index (χ3v) is 5.84. The summed E-state index contributed by atoms with van der Waals surface area (Å²) in [5.41, 5.74) is 5.48. The smallest absolute Gasteiger partial charge is 0.318 e. The Morgan fingerprint density at radius 3 is 1.43 bits per heavy atom. The molecule has 0 saturated heterocycles. The Balaban J connectivity index is 1.62. The molecule has 0 aliphatic heterocycles. The molecule has 0 atom stereocenters. The second kappa shape index (κ2) is 5.90. The Labute approximate surface area is 169 Å². The summed E-state index contributed by atoms with van der Waals surface area (Å²) in [6.07, 6.45) is 0. The van der Waals surface area contributed by atoms with E-state index in [2.05, 4.69) is 68.9 Å². The highest BCUT2D eigenvalue weighted by atomic mass is 27.1. The Morgan fingerprint density at radius 2 is 0.929 bits per heavy atom. The molecule has 0 unspecified atom stereocenters. The van der Waals surface area contributed by atoms with Crippen LogP contribution < -0.4 is 3.88 Å². The number of anilines is 2. The largest absolute Gasteiger partial charge is 0.454 e. The molecule has 2 heterocycles. The van der Waals surface area contributed by atoms with Crippen molar-refractivity contribution in [3.8, 4) is 0 Å². The lowest BCUT2D eigenvalue weighted by atomic mass is 10.1. The third kappa shape index (κ3) is 2.16. The fourth-order valence-electron chi connectivity index (χ4n) is 3.97. The third-order valence-electron chi connectivity index (χ3n) is 5.29. The average Bonchev–Trinajstić information content (AvgIpc) is 3.31. The molecule has 0 N–H and O–H groups in total. The monoisotopic (exact) mass is 375 g/mol. The molecule has 0 aliphatic carbocycles. The molecule has 2 aromatic heterocycles. The van der Waals surface area contributed by atoms with Crippen molar-refractivity contribution in [2.45, 2.75) is 0 Å². The summed E-state index contributed by atoms with van der Waals surface area (Å²) in [5.74, 6) is 0. The highest BCUT2D eigenvalue weighted by Gasteiger charge is 2.17. The predicted molar refractivity (Wildman–Crippen MR) is 115 cm³/mol. The van der Waals surface area contributed by atoms with Gasteiger partial charge >= 0.3 is 16.5 Å². The fraction of sp³-hybridized carbons (Fsp3) is 0. The van der Waals surface area contributed by atoms with Gasteiger partial charge in [-0.3, -0.25) is 0 Å².